The van der Waals surface area contributed by atoms with Gasteiger partial charge in [0.05, 0.1) is 11.0 Å². The van der Waals surface area contributed by atoms with Crippen molar-refractivity contribution >= 4 is 21.2 Å². The predicted molar refractivity (Wildman–Crippen MR) is 74.4 cm³/mol. The van der Waals surface area contributed by atoms with Gasteiger partial charge < -0.3 is 5.32 Å². The van der Waals surface area contributed by atoms with Crippen LogP contribution < -0.4 is 5.32 Å². The zero-order valence-electron chi connectivity index (χ0n) is 10.5. The van der Waals surface area contributed by atoms with E-state index in [9.17, 15) is 8.42 Å². The molecule has 0 saturated carbocycles. The lowest BCUT2D eigenvalue weighted by atomic mass is 10.3. The van der Waals surface area contributed by atoms with Crippen LogP contribution in [0.5, 0.6) is 0 Å². The number of hydrogen-bond donors (Lipinski definition) is 1. The third kappa shape index (κ3) is 5.19. The van der Waals surface area contributed by atoms with E-state index in [0.717, 1.165) is 13.0 Å². The summed E-state index contributed by atoms with van der Waals surface area (Å²) in [6, 6.07) is 4.13. The molecule has 0 aliphatic carbocycles. The second-order valence-corrected chi connectivity index (χ2v) is 7.74. The van der Waals surface area contributed by atoms with Gasteiger partial charge in [0.1, 0.15) is 0 Å². The zero-order valence-corrected chi connectivity index (χ0v) is 12.1. The zero-order chi connectivity index (χ0) is 12.7. The van der Waals surface area contributed by atoms with Crippen LogP contribution in [0.1, 0.15) is 25.1 Å². The van der Waals surface area contributed by atoms with E-state index >= 15 is 0 Å². The van der Waals surface area contributed by atoms with E-state index in [0.29, 0.717) is 13.0 Å². The molecule has 0 aromatic carbocycles. The Morgan fingerprint density at radius 2 is 2.18 bits per heavy atom. The number of rotatable bonds is 8. The summed E-state index contributed by atoms with van der Waals surface area (Å²) in [5.41, 5.74) is 0. The van der Waals surface area contributed by atoms with Crippen molar-refractivity contribution in [1.29, 1.82) is 0 Å². The van der Waals surface area contributed by atoms with E-state index in [4.69, 9.17) is 0 Å². The summed E-state index contributed by atoms with van der Waals surface area (Å²) in [6.07, 6.45) is 1.67. The van der Waals surface area contributed by atoms with Crippen molar-refractivity contribution in [2.45, 2.75) is 31.9 Å². The standard InChI is InChI=1S/C12H21NO2S2/c1-3-11(2)17(14,15)10-8-13-7-6-12-5-4-9-16-12/h4-5,9,11,13H,3,6-8,10H2,1-2H3. The van der Waals surface area contributed by atoms with Crippen LogP contribution in [0.3, 0.4) is 0 Å². The van der Waals surface area contributed by atoms with Crippen LogP contribution in [0, 0.1) is 0 Å². The maximum atomic E-state index is 11.7. The van der Waals surface area contributed by atoms with Gasteiger partial charge in [0.25, 0.3) is 0 Å². The van der Waals surface area contributed by atoms with Gasteiger partial charge in [-0.3, -0.25) is 0 Å². The van der Waals surface area contributed by atoms with Crippen molar-refractivity contribution in [2.24, 2.45) is 0 Å². The molecular formula is C12H21NO2S2. The molecule has 1 N–H and O–H groups in total. The van der Waals surface area contributed by atoms with Crippen molar-refractivity contribution in [1.82, 2.24) is 5.32 Å². The fraction of sp³-hybridized carbons (Fsp3) is 0.667. The summed E-state index contributed by atoms with van der Waals surface area (Å²) in [5.74, 6) is 0.243. The molecule has 1 aromatic heterocycles. The third-order valence-electron chi connectivity index (χ3n) is 2.88. The average Bonchev–Trinajstić information content (AvgIpc) is 2.80. The summed E-state index contributed by atoms with van der Waals surface area (Å²) in [4.78, 5) is 1.34. The number of hydrogen-bond acceptors (Lipinski definition) is 4. The molecule has 0 fully saturated rings. The highest BCUT2D eigenvalue weighted by Crippen LogP contribution is 2.08. The predicted octanol–water partition coefficient (Wildman–Crippen LogP) is 2.09. The third-order valence-corrected chi connectivity index (χ3v) is 6.15. The molecule has 0 amide bonds. The van der Waals surface area contributed by atoms with Gasteiger partial charge in [0.2, 0.25) is 0 Å². The first-order chi connectivity index (χ1) is 8.06. The fourth-order valence-electron chi connectivity index (χ4n) is 1.46. The summed E-state index contributed by atoms with van der Waals surface area (Å²) in [5, 5.41) is 5.02. The SMILES string of the molecule is CCC(C)S(=O)(=O)CCNCCc1cccs1. The first-order valence-electron chi connectivity index (χ1n) is 6.01. The maximum absolute atomic E-state index is 11.7. The molecule has 0 saturated heterocycles. The van der Waals surface area contributed by atoms with Gasteiger partial charge >= 0.3 is 0 Å². The van der Waals surface area contributed by atoms with Crippen LogP contribution in [0.2, 0.25) is 0 Å². The summed E-state index contributed by atoms with van der Waals surface area (Å²) >= 11 is 1.74. The van der Waals surface area contributed by atoms with E-state index < -0.39 is 9.84 Å². The van der Waals surface area contributed by atoms with Gasteiger partial charge in [-0.2, -0.15) is 0 Å². The lowest BCUT2D eigenvalue weighted by Crippen LogP contribution is -2.29. The van der Waals surface area contributed by atoms with E-state index in [1.54, 1.807) is 18.3 Å². The second kappa shape index (κ2) is 7.13. The van der Waals surface area contributed by atoms with Crippen LogP contribution >= 0.6 is 11.3 Å². The number of sulfone groups is 1. The van der Waals surface area contributed by atoms with Gasteiger partial charge in [0.15, 0.2) is 9.84 Å². The minimum Gasteiger partial charge on any atom is -0.315 e. The molecule has 1 aromatic rings. The summed E-state index contributed by atoms with van der Waals surface area (Å²) < 4.78 is 23.4. The van der Waals surface area contributed by atoms with Crippen LogP contribution in [0.15, 0.2) is 17.5 Å². The Kier molecular flexibility index (Phi) is 6.16. The molecule has 0 bridgehead atoms. The molecule has 1 heterocycles. The maximum Gasteiger partial charge on any atom is 0.154 e. The first-order valence-corrected chi connectivity index (χ1v) is 8.60. The van der Waals surface area contributed by atoms with Gasteiger partial charge in [-0.1, -0.05) is 13.0 Å². The Morgan fingerprint density at radius 3 is 2.76 bits per heavy atom. The minimum atomic E-state index is -2.90. The molecule has 0 radical (unpaired) electrons. The van der Waals surface area contributed by atoms with Crippen molar-refractivity contribution in [2.75, 3.05) is 18.8 Å². The highest BCUT2D eigenvalue weighted by atomic mass is 32.2. The Labute approximate surface area is 108 Å². The van der Waals surface area contributed by atoms with E-state index in [1.165, 1.54) is 4.88 Å². The van der Waals surface area contributed by atoms with Crippen LogP contribution in [-0.4, -0.2) is 32.5 Å². The van der Waals surface area contributed by atoms with E-state index in [2.05, 4.69) is 16.8 Å². The monoisotopic (exact) mass is 275 g/mol. The Bertz CT molecular complexity index is 398. The smallest absolute Gasteiger partial charge is 0.154 e. The molecule has 1 unspecified atom stereocenters. The molecule has 5 heteroatoms. The molecule has 3 nitrogen and oxygen atoms in total. The molecule has 17 heavy (non-hydrogen) atoms. The van der Waals surface area contributed by atoms with E-state index in [1.807, 2.05) is 13.0 Å². The van der Waals surface area contributed by atoms with Crippen LogP contribution in [-0.2, 0) is 16.3 Å². The quantitative estimate of drug-likeness (QED) is 0.739. The molecule has 1 atom stereocenters. The van der Waals surface area contributed by atoms with Crippen molar-refractivity contribution in [3.63, 3.8) is 0 Å². The van der Waals surface area contributed by atoms with E-state index in [-0.39, 0.29) is 11.0 Å². The normalized spacial score (nSPS) is 13.8. The Morgan fingerprint density at radius 1 is 1.41 bits per heavy atom. The minimum absolute atomic E-state index is 0.221. The molecule has 0 aliphatic heterocycles. The number of nitrogens with one attached hydrogen (secondary N) is 1. The summed E-state index contributed by atoms with van der Waals surface area (Å²) in [6.45, 7) is 5.09. The molecule has 0 spiro atoms. The molecule has 1 rings (SSSR count). The van der Waals surface area contributed by atoms with Gasteiger partial charge in [-0.25, -0.2) is 8.42 Å². The van der Waals surface area contributed by atoms with Gasteiger partial charge in [-0.05, 0) is 37.8 Å². The molecule has 0 aliphatic rings. The lowest BCUT2D eigenvalue weighted by molar-refractivity contribution is 0.576. The fourth-order valence-corrected chi connectivity index (χ4v) is 3.51. The van der Waals surface area contributed by atoms with Crippen molar-refractivity contribution in [3.8, 4) is 0 Å². The Hall–Kier alpha value is -0.390. The van der Waals surface area contributed by atoms with Gasteiger partial charge in [-0.15, -0.1) is 11.3 Å². The van der Waals surface area contributed by atoms with Crippen LogP contribution in [0.25, 0.3) is 0 Å². The molecule has 98 valence electrons. The highest BCUT2D eigenvalue weighted by Gasteiger charge is 2.17. The van der Waals surface area contributed by atoms with Gasteiger partial charge in [0, 0.05) is 11.4 Å². The lowest BCUT2D eigenvalue weighted by Gasteiger charge is -2.10. The van der Waals surface area contributed by atoms with Crippen molar-refractivity contribution in [3.05, 3.63) is 22.4 Å². The first kappa shape index (κ1) is 14.7. The highest BCUT2D eigenvalue weighted by molar-refractivity contribution is 7.92. The average molecular weight is 275 g/mol. The van der Waals surface area contributed by atoms with Crippen LogP contribution in [0.4, 0.5) is 0 Å². The second-order valence-electron chi connectivity index (χ2n) is 4.17. The van der Waals surface area contributed by atoms with Crippen molar-refractivity contribution < 1.29 is 8.42 Å². The topological polar surface area (TPSA) is 46.2 Å². The Balaban J connectivity index is 2.16. The summed E-state index contributed by atoms with van der Waals surface area (Å²) in [7, 11) is -2.90. The largest absolute Gasteiger partial charge is 0.315 e. The molecular weight excluding hydrogens is 254 g/mol. The number of thiophene rings is 1.